The second-order valence-corrected chi connectivity index (χ2v) is 8.78. The average molecular weight is 483 g/mol. The minimum atomic E-state index is -0.0137. The number of aryl methyl sites for hydroxylation is 1. The third kappa shape index (κ3) is 5.11. The maximum Gasteiger partial charge on any atom is 0.270 e. The highest BCUT2D eigenvalue weighted by Crippen LogP contribution is 2.41. The van der Waals surface area contributed by atoms with Gasteiger partial charge < -0.3 is 33.6 Å². The molecule has 0 atom stereocenters. The number of fused-ring (bicyclic) bond motifs is 1. The smallest absolute Gasteiger partial charge is 0.270 e. The predicted octanol–water partition coefficient (Wildman–Crippen LogP) is 4.70. The molecule has 1 fully saturated rings. The lowest BCUT2D eigenvalue weighted by Gasteiger charge is -2.31. The van der Waals surface area contributed by atoms with Gasteiger partial charge in [0.1, 0.15) is 22.9 Å². The molecule has 0 unspecified atom stereocenters. The number of piperidine rings is 1. The highest BCUT2D eigenvalue weighted by molar-refractivity contribution is 6.02. The summed E-state index contributed by atoms with van der Waals surface area (Å²) in [5, 5.41) is 0.789. The summed E-state index contributed by atoms with van der Waals surface area (Å²) >= 11 is 0. The molecule has 1 saturated heterocycles. The Bertz CT molecular complexity index is 1160. The number of nitrogens with zero attached hydrogens (tertiary/aromatic N) is 1. The maximum atomic E-state index is 13.3. The predicted molar refractivity (Wildman–Crippen MR) is 134 cm³/mol. The SMILES string of the molecule is COc1cc(CCC2CCN(C(=O)c3cc4c(OC)cc(OC)c(OC)c4[nH]3)CC2)cc(OC)c1. The van der Waals surface area contributed by atoms with E-state index >= 15 is 0 Å². The molecule has 0 spiro atoms. The van der Waals surface area contributed by atoms with Crippen molar-refractivity contribution in [1.29, 1.82) is 0 Å². The second kappa shape index (κ2) is 10.8. The van der Waals surface area contributed by atoms with Crippen molar-refractivity contribution in [1.82, 2.24) is 9.88 Å². The summed E-state index contributed by atoms with van der Waals surface area (Å²) in [6.07, 6.45) is 3.98. The van der Waals surface area contributed by atoms with E-state index in [-0.39, 0.29) is 5.91 Å². The number of likely N-dealkylation sites (tertiary alicyclic amines) is 1. The Hall–Kier alpha value is -3.55. The van der Waals surface area contributed by atoms with Crippen LogP contribution in [0.25, 0.3) is 10.9 Å². The van der Waals surface area contributed by atoms with Crippen molar-refractivity contribution in [3.8, 4) is 28.7 Å². The summed E-state index contributed by atoms with van der Waals surface area (Å²) in [6, 6.07) is 9.62. The first-order valence-electron chi connectivity index (χ1n) is 11.8. The number of benzene rings is 2. The van der Waals surface area contributed by atoms with Gasteiger partial charge in [0.25, 0.3) is 5.91 Å². The van der Waals surface area contributed by atoms with Crippen LogP contribution < -0.4 is 23.7 Å². The molecule has 0 aliphatic carbocycles. The lowest BCUT2D eigenvalue weighted by molar-refractivity contribution is 0.0682. The van der Waals surface area contributed by atoms with Crippen LogP contribution in [-0.4, -0.2) is 64.4 Å². The van der Waals surface area contributed by atoms with Crippen LogP contribution in [0.15, 0.2) is 30.3 Å². The molecule has 1 N–H and O–H groups in total. The van der Waals surface area contributed by atoms with E-state index in [2.05, 4.69) is 17.1 Å². The van der Waals surface area contributed by atoms with Crippen LogP contribution in [0.3, 0.4) is 0 Å². The molecular weight excluding hydrogens is 448 g/mol. The number of methoxy groups -OCH3 is 5. The zero-order valence-corrected chi connectivity index (χ0v) is 21.1. The molecule has 1 aromatic heterocycles. The van der Waals surface area contributed by atoms with E-state index in [0.29, 0.717) is 34.4 Å². The van der Waals surface area contributed by atoms with E-state index in [1.54, 1.807) is 41.6 Å². The highest BCUT2D eigenvalue weighted by Gasteiger charge is 2.26. The van der Waals surface area contributed by atoms with Crippen LogP contribution >= 0.6 is 0 Å². The van der Waals surface area contributed by atoms with Crippen molar-refractivity contribution >= 4 is 16.8 Å². The number of ether oxygens (including phenoxy) is 5. The molecular formula is C27H34N2O6. The van der Waals surface area contributed by atoms with E-state index in [4.69, 9.17) is 23.7 Å². The van der Waals surface area contributed by atoms with Crippen molar-refractivity contribution < 1.29 is 28.5 Å². The molecule has 1 amide bonds. The van der Waals surface area contributed by atoms with Crippen LogP contribution in [-0.2, 0) is 6.42 Å². The van der Waals surface area contributed by atoms with Crippen molar-refractivity contribution in [2.24, 2.45) is 5.92 Å². The second-order valence-electron chi connectivity index (χ2n) is 8.78. The van der Waals surface area contributed by atoms with Gasteiger partial charge in [-0.25, -0.2) is 0 Å². The zero-order valence-electron chi connectivity index (χ0n) is 21.1. The Balaban J connectivity index is 1.41. The van der Waals surface area contributed by atoms with Gasteiger partial charge in [-0.1, -0.05) is 0 Å². The van der Waals surface area contributed by atoms with Crippen LogP contribution in [0, 0.1) is 5.92 Å². The van der Waals surface area contributed by atoms with E-state index in [1.807, 2.05) is 17.0 Å². The van der Waals surface area contributed by atoms with Gasteiger partial charge in [-0.3, -0.25) is 4.79 Å². The number of hydrogen-bond donors (Lipinski definition) is 1. The van der Waals surface area contributed by atoms with Crippen molar-refractivity contribution in [3.05, 3.63) is 41.6 Å². The molecule has 8 nitrogen and oxygen atoms in total. The lowest BCUT2D eigenvalue weighted by atomic mass is 9.90. The Labute approximate surface area is 206 Å². The third-order valence-electron chi connectivity index (χ3n) is 6.82. The fourth-order valence-corrected chi connectivity index (χ4v) is 4.83. The summed E-state index contributed by atoms with van der Waals surface area (Å²) < 4.78 is 27.3. The van der Waals surface area contributed by atoms with Gasteiger partial charge in [0, 0.05) is 30.6 Å². The Kier molecular flexibility index (Phi) is 7.58. The van der Waals surface area contributed by atoms with Crippen LogP contribution in [0.5, 0.6) is 28.7 Å². The number of aromatic nitrogens is 1. The van der Waals surface area contributed by atoms with Crippen LogP contribution in [0.2, 0.25) is 0 Å². The molecule has 35 heavy (non-hydrogen) atoms. The molecule has 1 aliphatic heterocycles. The average Bonchev–Trinajstić information content (AvgIpc) is 3.35. The molecule has 1 aliphatic rings. The molecule has 0 bridgehead atoms. The first kappa shape index (κ1) is 24.6. The van der Waals surface area contributed by atoms with E-state index < -0.39 is 0 Å². The topological polar surface area (TPSA) is 82.3 Å². The first-order chi connectivity index (χ1) is 17.0. The summed E-state index contributed by atoms with van der Waals surface area (Å²) in [5.74, 6) is 3.90. The van der Waals surface area contributed by atoms with Gasteiger partial charge >= 0.3 is 0 Å². The third-order valence-corrected chi connectivity index (χ3v) is 6.82. The number of carbonyl (C=O) groups is 1. The molecule has 3 aromatic rings. The minimum Gasteiger partial charge on any atom is -0.497 e. The number of hydrogen-bond acceptors (Lipinski definition) is 6. The normalized spacial score (nSPS) is 14.1. The maximum absolute atomic E-state index is 13.3. The zero-order chi connectivity index (χ0) is 24.9. The van der Waals surface area contributed by atoms with Crippen LogP contribution in [0.1, 0.15) is 35.3 Å². The summed E-state index contributed by atoms with van der Waals surface area (Å²) in [5.41, 5.74) is 2.42. The first-order valence-corrected chi connectivity index (χ1v) is 11.8. The van der Waals surface area contributed by atoms with Gasteiger partial charge in [-0.2, -0.15) is 0 Å². The molecule has 0 saturated carbocycles. The van der Waals surface area contributed by atoms with Crippen molar-refractivity contribution in [2.75, 3.05) is 48.6 Å². The van der Waals surface area contributed by atoms with E-state index in [0.717, 1.165) is 55.7 Å². The molecule has 0 radical (unpaired) electrons. The minimum absolute atomic E-state index is 0.0137. The van der Waals surface area contributed by atoms with Gasteiger partial charge in [0.2, 0.25) is 0 Å². The largest absolute Gasteiger partial charge is 0.497 e. The molecule has 4 rings (SSSR count). The fraction of sp³-hybridized carbons (Fsp3) is 0.444. The number of rotatable bonds is 9. The number of aromatic amines is 1. The van der Waals surface area contributed by atoms with Crippen LogP contribution in [0.4, 0.5) is 0 Å². The molecule has 2 aromatic carbocycles. The quantitative estimate of drug-likeness (QED) is 0.476. The molecule has 8 heteroatoms. The summed E-state index contributed by atoms with van der Waals surface area (Å²) in [6.45, 7) is 1.47. The monoisotopic (exact) mass is 482 g/mol. The number of carbonyl (C=O) groups excluding carboxylic acids is 1. The van der Waals surface area contributed by atoms with Gasteiger partial charge in [-0.05, 0) is 55.4 Å². The fourth-order valence-electron chi connectivity index (χ4n) is 4.83. The number of nitrogens with one attached hydrogen (secondary N) is 1. The Morgan fingerprint density at radius 3 is 2.09 bits per heavy atom. The van der Waals surface area contributed by atoms with Gasteiger partial charge in [0.15, 0.2) is 11.5 Å². The summed E-state index contributed by atoms with van der Waals surface area (Å²) in [7, 11) is 8.09. The lowest BCUT2D eigenvalue weighted by Crippen LogP contribution is -2.38. The molecule has 2 heterocycles. The Morgan fingerprint density at radius 2 is 1.51 bits per heavy atom. The Morgan fingerprint density at radius 1 is 0.857 bits per heavy atom. The van der Waals surface area contributed by atoms with E-state index in [1.165, 1.54) is 5.56 Å². The molecule has 188 valence electrons. The number of amides is 1. The van der Waals surface area contributed by atoms with E-state index in [9.17, 15) is 4.79 Å². The van der Waals surface area contributed by atoms with Crippen molar-refractivity contribution in [3.63, 3.8) is 0 Å². The standard InChI is InChI=1S/C27H34N2O6/c1-31-19-12-18(13-20(14-19)32-2)7-6-17-8-10-29(11-9-17)27(30)22-15-21-23(33-3)16-24(34-4)26(35-5)25(21)28-22/h12-17,28H,6-11H2,1-5H3. The van der Waals surface area contributed by atoms with Gasteiger partial charge in [0.05, 0.1) is 41.1 Å². The van der Waals surface area contributed by atoms with Crippen molar-refractivity contribution in [2.45, 2.75) is 25.7 Å². The number of H-pyrrole nitrogens is 1. The summed E-state index contributed by atoms with van der Waals surface area (Å²) in [4.78, 5) is 18.5. The van der Waals surface area contributed by atoms with Gasteiger partial charge in [-0.15, -0.1) is 0 Å². The highest BCUT2D eigenvalue weighted by atomic mass is 16.5.